The molecule has 0 aromatic carbocycles. The van der Waals surface area contributed by atoms with Gasteiger partial charge in [0.25, 0.3) is 0 Å². The van der Waals surface area contributed by atoms with E-state index in [1.54, 1.807) is 0 Å². The Bertz CT molecular complexity index is 23.6. The summed E-state index contributed by atoms with van der Waals surface area (Å²) in [5.41, 5.74) is 0. The molecular weight excluding hydrogens is 181 g/mol. The third-order valence-electron chi connectivity index (χ3n) is 0. The fraction of sp³-hybridized carbons (Fsp3) is 0. The zero-order valence-electron chi connectivity index (χ0n) is 3.17. The molecule has 0 radical (unpaired) electrons. The van der Waals surface area contributed by atoms with E-state index in [0.29, 0.717) is 0 Å². The van der Waals surface area contributed by atoms with Gasteiger partial charge in [0.15, 0.2) is 0 Å². The van der Waals surface area contributed by atoms with Crippen LogP contribution < -0.4 is 14.0 Å². The maximum absolute atomic E-state index is 8.60. The fourth-order valence-electron chi connectivity index (χ4n) is 0. The van der Waals surface area contributed by atoms with Crippen molar-refractivity contribution >= 4 is 0 Å². The Morgan fingerprint density at radius 1 is 1.14 bits per heavy atom. The third-order valence-corrected chi connectivity index (χ3v) is 0. The molecule has 0 spiro atoms. The molecule has 0 aromatic heterocycles. The molecule has 0 saturated carbocycles. The first-order valence-corrected chi connectivity index (χ1v) is 1.90. The second-order valence-electron chi connectivity index (χ2n) is 0.396. The zero-order chi connectivity index (χ0) is 4.50. The summed E-state index contributed by atoms with van der Waals surface area (Å²) in [5, 5.41) is 0. The van der Waals surface area contributed by atoms with Gasteiger partial charge in [0.1, 0.15) is 0 Å². The number of hydrogen-bond donors (Lipinski definition) is 1. The van der Waals surface area contributed by atoms with Crippen molar-refractivity contribution < 1.29 is 53.8 Å². The van der Waals surface area contributed by atoms with Crippen molar-refractivity contribution in [2.75, 3.05) is 0 Å². The third kappa shape index (κ3) is 293. The Morgan fingerprint density at radius 3 is 1.14 bits per heavy atom. The molecular formula is HClO5Zn. The summed E-state index contributed by atoms with van der Waals surface area (Å²) in [6.07, 6.45) is 0. The largest absolute Gasteiger partial charge is 2.00 e. The molecule has 0 aliphatic heterocycles. The quantitative estimate of drug-likeness (QED) is 0.381. The summed E-state index contributed by atoms with van der Waals surface area (Å²) in [6, 6.07) is 0. The minimum atomic E-state index is -4.69. The Labute approximate surface area is 54.4 Å². The van der Waals surface area contributed by atoms with Gasteiger partial charge in [-0.25, -0.2) is 0 Å². The average Bonchev–Trinajstić information content (AvgIpc) is 0.722. The van der Waals surface area contributed by atoms with Gasteiger partial charge in [-0.3, -0.25) is 0 Å². The van der Waals surface area contributed by atoms with Crippen LogP contribution >= 0.6 is 0 Å². The van der Waals surface area contributed by atoms with Gasteiger partial charge in [-0.05, 0) is 0 Å². The predicted molar refractivity (Wildman–Crippen MR) is 2.91 cm³/mol. The Morgan fingerprint density at radius 2 is 1.14 bits per heavy atom. The van der Waals surface area contributed by atoms with Crippen LogP contribution in [0.25, 0.3) is 0 Å². The molecule has 0 aliphatic rings. The molecule has 0 rings (SSSR count). The first kappa shape index (κ1) is 15.6. The molecule has 40 valence electrons. The standard InChI is InChI=1S/ClHO4.O.Zn/c2-1(3,4)5;;/h(H,2,3,4,5);;/q;-2;+2. The molecule has 7 heteroatoms. The van der Waals surface area contributed by atoms with E-state index in [2.05, 4.69) is 0 Å². The topological polar surface area (TPSA) is 118 Å². The normalized spacial score (nSPS) is 8.57. The Kier molecular flexibility index (Phi) is 10.9. The van der Waals surface area contributed by atoms with E-state index in [-0.39, 0.29) is 25.0 Å². The molecule has 0 heterocycles. The SMILES string of the molecule is [O-2].[O-][Cl+3]([O-])([O-])O.[Zn+2]. The van der Waals surface area contributed by atoms with E-state index in [0.717, 1.165) is 0 Å². The van der Waals surface area contributed by atoms with Crippen LogP contribution in [0.5, 0.6) is 0 Å². The smallest absolute Gasteiger partial charge is 2.00 e. The molecule has 0 saturated heterocycles. The average molecular weight is 182 g/mol. The summed E-state index contributed by atoms with van der Waals surface area (Å²) < 4.78 is 32.7. The van der Waals surface area contributed by atoms with Crippen LogP contribution in [0.2, 0.25) is 0 Å². The zero-order valence-corrected chi connectivity index (χ0v) is 6.89. The molecule has 5 nitrogen and oxygen atoms in total. The second kappa shape index (κ2) is 4.86. The summed E-state index contributed by atoms with van der Waals surface area (Å²) in [5.74, 6) is 0. The Hall–Kier alpha value is 0.713. The molecule has 0 bridgehead atoms. The molecule has 0 unspecified atom stereocenters. The van der Waals surface area contributed by atoms with E-state index < -0.39 is 10.2 Å². The first-order valence-electron chi connectivity index (χ1n) is 0.632. The maximum atomic E-state index is 8.60. The van der Waals surface area contributed by atoms with Crippen molar-refractivity contribution in [1.29, 1.82) is 0 Å². The monoisotopic (exact) mass is 180 g/mol. The molecule has 1 N–H and O–H groups in total. The van der Waals surface area contributed by atoms with Crippen LogP contribution in [0.4, 0.5) is 0 Å². The van der Waals surface area contributed by atoms with Crippen LogP contribution in [-0.4, -0.2) is 4.66 Å². The molecule has 0 aliphatic carbocycles. The van der Waals surface area contributed by atoms with Crippen LogP contribution in [0.3, 0.4) is 0 Å². The van der Waals surface area contributed by atoms with Crippen molar-refractivity contribution in [3.05, 3.63) is 0 Å². The molecule has 0 atom stereocenters. The second-order valence-corrected chi connectivity index (χ2v) is 1.19. The molecule has 0 amide bonds. The van der Waals surface area contributed by atoms with Gasteiger partial charge in [-0.15, -0.1) is 0 Å². The number of hydrogen-bond acceptors (Lipinski definition) is 4. The van der Waals surface area contributed by atoms with Gasteiger partial charge in [-0.1, -0.05) is 0 Å². The van der Waals surface area contributed by atoms with Crippen molar-refractivity contribution in [3.8, 4) is 0 Å². The van der Waals surface area contributed by atoms with Crippen molar-refractivity contribution in [3.63, 3.8) is 0 Å². The first-order chi connectivity index (χ1) is 2.00. The van der Waals surface area contributed by atoms with Crippen molar-refractivity contribution in [2.45, 2.75) is 0 Å². The predicted octanol–water partition coefficient (Wildman–Crippen LogP) is -4.25. The minimum Gasteiger partial charge on any atom is -2.00 e. The molecule has 0 aromatic rings. The van der Waals surface area contributed by atoms with E-state index in [4.69, 9.17) is 18.6 Å². The van der Waals surface area contributed by atoms with Crippen LogP contribution in [-0.2, 0) is 25.0 Å². The number of halogens is 1. The molecule has 7 heavy (non-hydrogen) atoms. The number of rotatable bonds is 0. The summed E-state index contributed by atoms with van der Waals surface area (Å²) in [6.45, 7) is 0. The summed E-state index contributed by atoms with van der Waals surface area (Å²) in [7, 11) is -4.69. The van der Waals surface area contributed by atoms with E-state index in [9.17, 15) is 0 Å². The fourth-order valence-corrected chi connectivity index (χ4v) is 0. The van der Waals surface area contributed by atoms with Crippen LogP contribution in [0, 0.1) is 10.2 Å². The van der Waals surface area contributed by atoms with E-state index in [1.165, 1.54) is 0 Å². The van der Waals surface area contributed by atoms with Gasteiger partial charge in [0.05, 0.1) is 14.9 Å². The van der Waals surface area contributed by atoms with Crippen molar-refractivity contribution in [2.24, 2.45) is 0 Å². The molecule has 0 fully saturated rings. The van der Waals surface area contributed by atoms with E-state index >= 15 is 0 Å². The summed E-state index contributed by atoms with van der Waals surface area (Å²) in [4.78, 5) is 0. The van der Waals surface area contributed by atoms with E-state index in [1.807, 2.05) is 0 Å². The van der Waals surface area contributed by atoms with Gasteiger partial charge in [0.2, 0.25) is 0 Å². The van der Waals surface area contributed by atoms with Crippen LogP contribution in [0.15, 0.2) is 0 Å². The van der Waals surface area contributed by atoms with Crippen molar-refractivity contribution in [1.82, 2.24) is 0 Å². The van der Waals surface area contributed by atoms with Crippen LogP contribution in [0.1, 0.15) is 0 Å². The maximum Gasteiger partial charge on any atom is 2.00 e. The minimum absolute atomic E-state index is 0. The Balaban J connectivity index is -0.0000000800. The van der Waals surface area contributed by atoms with Gasteiger partial charge >= 0.3 is 19.5 Å². The summed E-state index contributed by atoms with van der Waals surface area (Å²) >= 11 is 0. The van der Waals surface area contributed by atoms with Gasteiger partial charge in [0, 0.05) is 0 Å². The van der Waals surface area contributed by atoms with Gasteiger partial charge < -0.3 is 5.48 Å². The van der Waals surface area contributed by atoms with Gasteiger partial charge in [-0.2, -0.15) is 14.0 Å².